The van der Waals surface area contributed by atoms with Gasteiger partial charge in [-0.2, -0.15) is 0 Å². The van der Waals surface area contributed by atoms with Gasteiger partial charge < -0.3 is 24.4 Å². The molecule has 0 saturated carbocycles. The summed E-state index contributed by atoms with van der Waals surface area (Å²) >= 11 is 0. The van der Waals surface area contributed by atoms with Crippen molar-refractivity contribution >= 4 is 11.8 Å². The van der Waals surface area contributed by atoms with Gasteiger partial charge in [0.15, 0.2) is 11.5 Å². The van der Waals surface area contributed by atoms with Crippen molar-refractivity contribution in [3.05, 3.63) is 58.7 Å². The number of carbonyl (C=O) groups excluding carboxylic acids is 2. The highest BCUT2D eigenvalue weighted by atomic mass is 16.5. The maximum atomic E-state index is 13.8. The van der Waals surface area contributed by atoms with Crippen LogP contribution in [0, 0.1) is 0 Å². The Morgan fingerprint density at radius 2 is 1.79 bits per heavy atom. The number of hydrogen-bond donors (Lipinski definition) is 1. The van der Waals surface area contributed by atoms with Crippen molar-refractivity contribution in [2.75, 3.05) is 60.2 Å². The second-order valence-electron chi connectivity index (χ2n) is 8.91. The van der Waals surface area contributed by atoms with Gasteiger partial charge in [0.25, 0.3) is 5.91 Å². The Morgan fingerprint density at radius 1 is 1.06 bits per heavy atom. The normalized spacial score (nSPS) is 21.8. The van der Waals surface area contributed by atoms with Crippen molar-refractivity contribution < 1.29 is 23.8 Å². The van der Waals surface area contributed by atoms with Crippen LogP contribution < -0.4 is 14.8 Å². The summed E-state index contributed by atoms with van der Waals surface area (Å²) in [5, 5.41) is 3.15. The Hall–Kier alpha value is -3.10. The van der Waals surface area contributed by atoms with E-state index in [-0.39, 0.29) is 17.9 Å². The first kappa shape index (κ1) is 22.7. The van der Waals surface area contributed by atoms with E-state index in [1.54, 1.807) is 26.4 Å². The molecule has 180 valence electrons. The van der Waals surface area contributed by atoms with E-state index in [1.165, 1.54) is 5.56 Å². The molecule has 0 radical (unpaired) electrons. The lowest BCUT2D eigenvalue weighted by atomic mass is 9.75. The van der Waals surface area contributed by atoms with Crippen molar-refractivity contribution in [2.24, 2.45) is 0 Å². The number of hydrogen-bond acceptors (Lipinski definition) is 6. The average molecular weight is 466 g/mol. The first-order valence-electron chi connectivity index (χ1n) is 11.8. The van der Waals surface area contributed by atoms with E-state index in [0.717, 1.165) is 44.8 Å². The minimum atomic E-state index is -0.543. The van der Waals surface area contributed by atoms with Crippen LogP contribution in [0.3, 0.4) is 0 Å². The lowest BCUT2D eigenvalue weighted by Crippen LogP contribution is -2.50. The quantitative estimate of drug-likeness (QED) is 0.703. The lowest BCUT2D eigenvalue weighted by Gasteiger charge is -2.45. The SMILES string of the molecule is COc1cc2c(cc1OC)[C@@H](C(=O)NCCN1CCOCC1)[C@H]1c3ccccc3CCN1C2=O. The number of carbonyl (C=O) groups is 2. The van der Waals surface area contributed by atoms with Crippen LogP contribution in [0.4, 0.5) is 0 Å². The van der Waals surface area contributed by atoms with Crippen LogP contribution >= 0.6 is 0 Å². The van der Waals surface area contributed by atoms with Crippen LogP contribution in [-0.2, 0) is 16.0 Å². The Kier molecular flexibility index (Phi) is 6.43. The Bertz CT molecular complexity index is 1080. The number of rotatable bonds is 6. The molecule has 8 nitrogen and oxygen atoms in total. The van der Waals surface area contributed by atoms with Crippen LogP contribution in [-0.4, -0.2) is 81.8 Å². The predicted octanol–water partition coefficient (Wildman–Crippen LogP) is 1.99. The molecule has 2 aromatic carbocycles. The van der Waals surface area contributed by atoms with E-state index in [1.807, 2.05) is 23.1 Å². The number of fused-ring (bicyclic) bond motifs is 4. The summed E-state index contributed by atoms with van der Waals surface area (Å²) in [5.41, 5.74) is 3.41. The van der Waals surface area contributed by atoms with Crippen LogP contribution in [0.25, 0.3) is 0 Å². The van der Waals surface area contributed by atoms with Crippen LogP contribution in [0.15, 0.2) is 36.4 Å². The molecule has 0 bridgehead atoms. The zero-order valence-corrected chi connectivity index (χ0v) is 19.7. The molecule has 2 aromatic rings. The molecule has 0 spiro atoms. The third-order valence-corrected chi connectivity index (χ3v) is 7.14. The van der Waals surface area contributed by atoms with Gasteiger partial charge in [-0.25, -0.2) is 0 Å². The molecule has 34 heavy (non-hydrogen) atoms. The molecule has 2 amide bonds. The number of ether oxygens (including phenoxy) is 3. The Balaban J connectivity index is 1.51. The largest absolute Gasteiger partial charge is 0.493 e. The van der Waals surface area contributed by atoms with E-state index in [0.29, 0.717) is 35.7 Å². The van der Waals surface area contributed by atoms with Gasteiger partial charge in [-0.1, -0.05) is 24.3 Å². The number of nitrogens with zero attached hydrogens (tertiary/aromatic N) is 2. The summed E-state index contributed by atoms with van der Waals surface area (Å²) in [5.74, 6) is 0.294. The first-order chi connectivity index (χ1) is 16.6. The number of benzene rings is 2. The van der Waals surface area contributed by atoms with Gasteiger partial charge in [0, 0.05) is 38.3 Å². The summed E-state index contributed by atoms with van der Waals surface area (Å²) in [6.07, 6.45) is 0.770. The molecule has 0 aromatic heterocycles. The Labute approximate surface area is 199 Å². The van der Waals surface area contributed by atoms with Crippen LogP contribution in [0.1, 0.15) is 39.0 Å². The molecular weight excluding hydrogens is 434 g/mol. The van der Waals surface area contributed by atoms with Crippen LogP contribution in [0.2, 0.25) is 0 Å². The average Bonchev–Trinajstić information content (AvgIpc) is 2.88. The highest BCUT2D eigenvalue weighted by molar-refractivity contribution is 6.02. The second kappa shape index (κ2) is 9.64. The van der Waals surface area contributed by atoms with Crippen molar-refractivity contribution in [1.29, 1.82) is 0 Å². The molecule has 5 rings (SSSR count). The van der Waals surface area contributed by atoms with Crippen molar-refractivity contribution in [1.82, 2.24) is 15.1 Å². The highest BCUT2D eigenvalue weighted by Crippen LogP contribution is 2.48. The van der Waals surface area contributed by atoms with E-state index in [2.05, 4.69) is 16.3 Å². The molecule has 3 heterocycles. The molecule has 8 heteroatoms. The van der Waals surface area contributed by atoms with Gasteiger partial charge >= 0.3 is 0 Å². The molecule has 3 aliphatic heterocycles. The minimum absolute atomic E-state index is 0.0761. The molecule has 1 saturated heterocycles. The summed E-state index contributed by atoms with van der Waals surface area (Å²) in [7, 11) is 3.11. The number of amides is 2. The van der Waals surface area contributed by atoms with Gasteiger partial charge in [-0.3, -0.25) is 14.5 Å². The molecular formula is C26H31N3O5. The molecule has 0 aliphatic carbocycles. The third kappa shape index (κ3) is 4.01. The van der Waals surface area contributed by atoms with E-state index < -0.39 is 5.92 Å². The van der Waals surface area contributed by atoms with Gasteiger partial charge in [0.2, 0.25) is 5.91 Å². The summed E-state index contributed by atoms with van der Waals surface area (Å²) in [4.78, 5) is 31.5. The molecule has 0 unspecified atom stereocenters. The molecule has 1 fully saturated rings. The molecule has 2 atom stereocenters. The summed E-state index contributed by atoms with van der Waals surface area (Å²) in [6.45, 7) is 5.08. The fraction of sp³-hybridized carbons (Fsp3) is 0.462. The minimum Gasteiger partial charge on any atom is -0.493 e. The molecule has 1 N–H and O–H groups in total. The van der Waals surface area contributed by atoms with Crippen LogP contribution in [0.5, 0.6) is 11.5 Å². The van der Waals surface area contributed by atoms with Crippen molar-refractivity contribution in [2.45, 2.75) is 18.4 Å². The summed E-state index contributed by atoms with van der Waals surface area (Å²) < 4.78 is 16.4. The topological polar surface area (TPSA) is 80.3 Å². The zero-order chi connectivity index (χ0) is 23.7. The number of nitrogens with one attached hydrogen (secondary N) is 1. The van der Waals surface area contributed by atoms with Gasteiger partial charge in [-0.15, -0.1) is 0 Å². The lowest BCUT2D eigenvalue weighted by molar-refractivity contribution is -0.124. The standard InChI is InChI=1S/C26H31N3O5/c1-32-21-15-19-20(16-22(21)33-2)26(31)29-9-7-17-5-3-4-6-18(17)24(29)23(19)25(30)27-8-10-28-11-13-34-14-12-28/h3-6,15-16,23-24H,7-14H2,1-2H3,(H,27,30)/t23-,24-/m1/s1. The smallest absolute Gasteiger partial charge is 0.254 e. The zero-order valence-electron chi connectivity index (χ0n) is 19.7. The maximum absolute atomic E-state index is 13.8. The van der Waals surface area contributed by atoms with Crippen molar-refractivity contribution in [3.63, 3.8) is 0 Å². The van der Waals surface area contributed by atoms with Gasteiger partial charge in [0.05, 0.1) is 39.4 Å². The highest BCUT2D eigenvalue weighted by Gasteiger charge is 2.46. The van der Waals surface area contributed by atoms with Gasteiger partial charge in [0.1, 0.15) is 0 Å². The second-order valence-corrected chi connectivity index (χ2v) is 8.91. The first-order valence-corrected chi connectivity index (χ1v) is 11.8. The monoisotopic (exact) mass is 465 g/mol. The van der Waals surface area contributed by atoms with E-state index >= 15 is 0 Å². The number of morpholine rings is 1. The van der Waals surface area contributed by atoms with E-state index in [9.17, 15) is 9.59 Å². The fourth-order valence-corrected chi connectivity index (χ4v) is 5.40. The predicted molar refractivity (Wildman–Crippen MR) is 126 cm³/mol. The Morgan fingerprint density at radius 3 is 2.56 bits per heavy atom. The van der Waals surface area contributed by atoms with Crippen molar-refractivity contribution in [3.8, 4) is 11.5 Å². The third-order valence-electron chi connectivity index (χ3n) is 7.14. The van der Waals surface area contributed by atoms with E-state index in [4.69, 9.17) is 14.2 Å². The maximum Gasteiger partial charge on any atom is 0.254 e. The number of methoxy groups -OCH3 is 2. The summed E-state index contributed by atoms with van der Waals surface area (Å²) in [6, 6.07) is 11.3. The van der Waals surface area contributed by atoms with Gasteiger partial charge in [-0.05, 0) is 35.2 Å². The molecule has 3 aliphatic rings. The fourth-order valence-electron chi connectivity index (χ4n) is 5.40.